The zero-order valence-electron chi connectivity index (χ0n) is 24.7. The van der Waals surface area contributed by atoms with Gasteiger partial charge in [-0.05, 0) is 77.7 Å². The number of ether oxygens (including phenoxy) is 2. The first-order chi connectivity index (χ1) is 22.0. The number of carboxylic acid groups (broad SMARTS) is 1. The van der Waals surface area contributed by atoms with E-state index in [0.29, 0.717) is 39.4 Å². The number of nitrogens with zero attached hydrogens (tertiary/aromatic N) is 1. The molecule has 7 nitrogen and oxygen atoms in total. The van der Waals surface area contributed by atoms with Crippen molar-refractivity contribution < 1.29 is 37.3 Å². The van der Waals surface area contributed by atoms with Crippen LogP contribution in [0.25, 0.3) is 11.1 Å². The molecule has 11 heteroatoms. The molecule has 4 aromatic carbocycles. The molecule has 46 heavy (non-hydrogen) atoms. The molecule has 0 aromatic heterocycles. The quantitative estimate of drug-likeness (QED) is 0.150. The van der Waals surface area contributed by atoms with Crippen LogP contribution in [0.5, 0.6) is 11.5 Å². The topological polar surface area (TPSA) is 109 Å². The minimum absolute atomic E-state index is 0.0128. The maximum atomic E-state index is 12.7. The second-order valence-corrected chi connectivity index (χ2v) is 10.8. The van der Waals surface area contributed by atoms with Crippen LogP contribution in [0.2, 0.25) is 5.02 Å². The van der Waals surface area contributed by atoms with Gasteiger partial charge in [-0.25, -0.2) is 0 Å². The van der Waals surface area contributed by atoms with E-state index in [4.69, 9.17) is 21.4 Å². The van der Waals surface area contributed by atoms with Gasteiger partial charge in [0.15, 0.2) is 0 Å². The first kappa shape index (κ1) is 33.9. The van der Waals surface area contributed by atoms with E-state index in [1.807, 2.05) is 31.2 Å². The number of benzene rings is 4. The third-order valence-corrected chi connectivity index (χ3v) is 7.41. The fourth-order valence-electron chi connectivity index (χ4n) is 5.02. The Kier molecular flexibility index (Phi) is 11.3. The van der Waals surface area contributed by atoms with Crippen molar-refractivity contribution in [3.05, 3.63) is 118 Å². The molecule has 4 aromatic rings. The SMILES string of the molecule is CCC[C@H](c1ccc(C(=O)NCCC(=O)O)cc1)[C@@H](Oc1ccc(C#N)c(-c2ccc(OC(F)(F)F)cc2)c1)c1ccc(Cl)cc1. The molecule has 0 spiro atoms. The van der Waals surface area contributed by atoms with Crippen LogP contribution >= 0.6 is 11.6 Å². The molecule has 0 aliphatic rings. The normalized spacial score (nSPS) is 12.4. The highest BCUT2D eigenvalue weighted by atomic mass is 35.5. The Hall–Kier alpha value is -5.01. The maximum absolute atomic E-state index is 12.7. The third kappa shape index (κ3) is 9.25. The Morgan fingerprint density at radius 3 is 2.15 bits per heavy atom. The van der Waals surface area contributed by atoms with Crippen molar-refractivity contribution in [1.29, 1.82) is 5.26 Å². The van der Waals surface area contributed by atoms with Crippen LogP contribution in [0.15, 0.2) is 91.0 Å². The van der Waals surface area contributed by atoms with Gasteiger partial charge in [-0.3, -0.25) is 9.59 Å². The first-order valence-corrected chi connectivity index (χ1v) is 14.8. The zero-order valence-corrected chi connectivity index (χ0v) is 25.4. The van der Waals surface area contributed by atoms with Gasteiger partial charge in [-0.1, -0.05) is 61.3 Å². The molecule has 0 bridgehead atoms. The van der Waals surface area contributed by atoms with Gasteiger partial charge in [0.1, 0.15) is 17.6 Å². The van der Waals surface area contributed by atoms with Crippen molar-refractivity contribution in [2.24, 2.45) is 0 Å². The van der Waals surface area contributed by atoms with E-state index in [1.165, 1.54) is 24.3 Å². The van der Waals surface area contributed by atoms with Gasteiger partial charge in [-0.15, -0.1) is 13.2 Å². The van der Waals surface area contributed by atoms with Crippen molar-refractivity contribution in [1.82, 2.24) is 5.32 Å². The Bertz CT molecular complexity index is 1690. The highest BCUT2D eigenvalue weighted by Gasteiger charge is 2.31. The van der Waals surface area contributed by atoms with Crippen LogP contribution in [0.4, 0.5) is 13.2 Å². The van der Waals surface area contributed by atoms with E-state index in [0.717, 1.165) is 17.5 Å². The summed E-state index contributed by atoms with van der Waals surface area (Å²) in [5.41, 5.74) is 3.40. The predicted octanol–water partition coefficient (Wildman–Crippen LogP) is 8.69. The lowest BCUT2D eigenvalue weighted by Crippen LogP contribution is -2.26. The second kappa shape index (κ2) is 15.3. The van der Waals surface area contributed by atoms with Gasteiger partial charge >= 0.3 is 12.3 Å². The maximum Gasteiger partial charge on any atom is 0.573 e. The Labute approximate surface area is 269 Å². The van der Waals surface area contributed by atoms with Gasteiger partial charge in [0.25, 0.3) is 5.91 Å². The lowest BCUT2D eigenvalue weighted by atomic mass is 9.85. The monoisotopic (exact) mass is 650 g/mol. The van der Waals surface area contributed by atoms with E-state index in [2.05, 4.69) is 16.1 Å². The molecule has 0 saturated carbocycles. The van der Waals surface area contributed by atoms with Crippen LogP contribution in [-0.2, 0) is 4.79 Å². The van der Waals surface area contributed by atoms with Crippen molar-refractivity contribution in [3.8, 4) is 28.7 Å². The minimum Gasteiger partial charge on any atom is -0.485 e. The molecular weight excluding hydrogens is 621 g/mol. The van der Waals surface area contributed by atoms with Gasteiger partial charge < -0.3 is 19.9 Å². The Morgan fingerprint density at radius 2 is 1.57 bits per heavy atom. The zero-order chi connectivity index (χ0) is 33.3. The molecule has 0 fully saturated rings. The smallest absolute Gasteiger partial charge is 0.485 e. The van der Waals surface area contributed by atoms with Crippen LogP contribution in [0, 0.1) is 11.3 Å². The van der Waals surface area contributed by atoms with Gasteiger partial charge in [-0.2, -0.15) is 5.26 Å². The predicted molar refractivity (Wildman–Crippen MR) is 167 cm³/mol. The van der Waals surface area contributed by atoms with Gasteiger partial charge in [0, 0.05) is 28.6 Å². The molecular formula is C35H30ClF3N2O5. The van der Waals surface area contributed by atoms with Crippen molar-refractivity contribution in [2.75, 3.05) is 6.54 Å². The number of hydrogen-bond acceptors (Lipinski definition) is 5. The summed E-state index contributed by atoms with van der Waals surface area (Å²) in [6.07, 6.45) is -4.03. The molecule has 0 aliphatic carbocycles. The molecule has 0 radical (unpaired) electrons. The molecule has 0 saturated heterocycles. The Balaban J connectivity index is 1.67. The number of halogens is 4. The number of hydrogen-bond donors (Lipinski definition) is 2. The number of carboxylic acids is 1. The standard InChI is InChI=1S/C35H30ClF3N2O5/c1-2-3-30(22-4-6-25(7-5-22)34(44)41-19-18-32(42)43)33(24-8-13-27(36)14-9-24)45-29-17-12-26(21-40)31(20-29)23-10-15-28(16-11-23)46-35(37,38)39/h4-17,20,30,33H,2-3,18-19H2,1H3,(H,41,44)(H,42,43)/t30-,33+/m1/s1. The molecule has 1 amide bonds. The molecule has 0 heterocycles. The summed E-state index contributed by atoms with van der Waals surface area (Å²) in [6, 6.07) is 26.6. The number of nitriles is 1. The number of nitrogens with one attached hydrogen (secondary N) is 1. The summed E-state index contributed by atoms with van der Waals surface area (Å²) in [6.45, 7) is 2.06. The van der Waals surface area contributed by atoms with Gasteiger partial charge in [0.2, 0.25) is 0 Å². The molecule has 0 aliphatic heterocycles. The van der Waals surface area contributed by atoms with Crippen LogP contribution in [-0.4, -0.2) is 29.9 Å². The van der Waals surface area contributed by atoms with E-state index >= 15 is 0 Å². The summed E-state index contributed by atoms with van der Waals surface area (Å²) >= 11 is 6.19. The average Bonchev–Trinajstić information content (AvgIpc) is 3.02. The number of carbonyl (C=O) groups is 2. The van der Waals surface area contributed by atoms with E-state index in [1.54, 1.807) is 42.5 Å². The van der Waals surface area contributed by atoms with E-state index in [9.17, 15) is 28.0 Å². The van der Waals surface area contributed by atoms with Crippen LogP contribution < -0.4 is 14.8 Å². The highest BCUT2D eigenvalue weighted by Crippen LogP contribution is 2.40. The molecule has 2 N–H and O–H groups in total. The van der Waals surface area contributed by atoms with Crippen LogP contribution in [0.1, 0.15) is 65.3 Å². The fourth-order valence-corrected chi connectivity index (χ4v) is 5.15. The van der Waals surface area contributed by atoms with Gasteiger partial charge in [0.05, 0.1) is 18.1 Å². The summed E-state index contributed by atoms with van der Waals surface area (Å²) in [5.74, 6) is -1.52. The Morgan fingerprint density at radius 1 is 0.935 bits per heavy atom. The second-order valence-electron chi connectivity index (χ2n) is 10.4. The summed E-state index contributed by atoms with van der Waals surface area (Å²) in [5, 5.41) is 21.7. The van der Waals surface area contributed by atoms with E-state index in [-0.39, 0.29) is 30.5 Å². The number of alkyl halides is 3. The molecule has 2 atom stereocenters. The largest absolute Gasteiger partial charge is 0.573 e. The van der Waals surface area contributed by atoms with Crippen molar-refractivity contribution in [2.45, 2.75) is 44.6 Å². The fraction of sp³-hybridized carbons (Fsp3) is 0.229. The molecule has 4 rings (SSSR count). The number of carbonyl (C=O) groups excluding carboxylic acids is 1. The lowest BCUT2D eigenvalue weighted by molar-refractivity contribution is -0.274. The molecule has 238 valence electrons. The summed E-state index contributed by atoms with van der Waals surface area (Å²) in [4.78, 5) is 23.3. The summed E-state index contributed by atoms with van der Waals surface area (Å²) in [7, 11) is 0. The van der Waals surface area contributed by atoms with Crippen molar-refractivity contribution >= 4 is 23.5 Å². The number of amides is 1. The first-order valence-electron chi connectivity index (χ1n) is 14.4. The van der Waals surface area contributed by atoms with Crippen molar-refractivity contribution in [3.63, 3.8) is 0 Å². The minimum atomic E-state index is -4.83. The average molecular weight is 651 g/mol. The van der Waals surface area contributed by atoms with Crippen LogP contribution in [0.3, 0.4) is 0 Å². The number of aliphatic carboxylic acids is 1. The number of rotatable bonds is 13. The summed E-state index contributed by atoms with van der Waals surface area (Å²) < 4.78 is 48.6. The lowest BCUT2D eigenvalue weighted by Gasteiger charge is -2.29. The molecule has 0 unspecified atom stereocenters. The highest BCUT2D eigenvalue weighted by molar-refractivity contribution is 6.30. The van der Waals surface area contributed by atoms with E-state index < -0.39 is 18.4 Å². The third-order valence-electron chi connectivity index (χ3n) is 7.16.